The number of nitrogens with two attached hydrogens (primary N) is 1. The average molecular weight is 251 g/mol. The molecule has 0 spiro atoms. The summed E-state index contributed by atoms with van der Waals surface area (Å²) in [6.07, 6.45) is 7.93. The van der Waals surface area contributed by atoms with E-state index in [2.05, 4.69) is 25.3 Å². The molecule has 2 rings (SSSR count). The molecule has 0 amide bonds. The summed E-state index contributed by atoms with van der Waals surface area (Å²) in [6, 6.07) is 2.54. The maximum Gasteiger partial charge on any atom is 0.0421 e. The van der Waals surface area contributed by atoms with Crippen LogP contribution in [0.2, 0.25) is 0 Å². The number of hydrogen-bond donors (Lipinski definition) is 1. The van der Waals surface area contributed by atoms with E-state index in [0.717, 1.165) is 18.3 Å². The van der Waals surface area contributed by atoms with Gasteiger partial charge in [-0.3, -0.25) is 0 Å². The number of aryl methyl sites for hydroxylation is 1. The lowest BCUT2D eigenvalue weighted by molar-refractivity contribution is 0.231. The molecule has 1 aromatic rings. The first-order chi connectivity index (χ1) is 8.26. The van der Waals surface area contributed by atoms with Crippen LogP contribution < -0.4 is 5.73 Å². The van der Waals surface area contributed by atoms with E-state index in [1.807, 2.05) is 11.3 Å². The fraction of sp³-hybridized carbons (Fsp3) is 0.733. The Morgan fingerprint density at radius 1 is 1.41 bits per heavy atom. The van der Waals surface area contributed by atoms with Gasteiger partial charge in [-0.2, -0.15) is 0 Å². The first-order valence-electron chi connectivity index (χ1n) is 7.08. The summed E-state index contributed by atoms with van der Waals surface area (Å²) in [6.45, 7) is 4.55. The summed E-state index contributed by atoms with van der Waals surface area (Å²) in [5.74, 6) is 1.64. The average Bonchev–Trinajstić information content (AvgIpc) is 2.86. The Balaban J connectivity index is 2.06. The van der Waals surface area contributed by atoms with Crippen LogP contribution in [0.5, 0.6) is 0 Å². The van der Waals surface area contributed by atoms with Gasteiger partial charge in [0.1, 0.15) is 0 Å². The van der Waals surface area contributed by atoms with Gasteiger partial charge in [0.2, 0.25) is 0 Å². The van der Waals surface area contributed by atoms with Crippen molar-refractivity contribution >= 4 is 11.3 Å². The minimum atomic E-state index is 0.291. The Bertz CT molecular complexity index is 344. The van der Waals surface area contributed by atoms with Crippen LogP contribution in [0.4, 0.5) is 0 Å². The van der Waals surface area contributed by atoms with Crippen LogP contribution >= 0.6 is 11.3 Å². The molecule has 2 heteroatoms. The third-order valence-corrected chi connectivity index (χ3v) is 5.43. The summed E-state index contributed by atoms with van der Waals surface area (Å²) in [5.41, 5.74) is 7.99. The zero-order valence-electron chi connectivity index (χ0n) is 11.1. The first-order valence-corrected chi connectivity index (χ1v) is 7.96. The molecule has 1 aliphatic carbocycles. The van der Waals surface area contributed by atoms with E-state index < -0.39 is 0 Å². The lowest BCUT2D eigenvalue weighted by atomic mass is 9.76. The molecule has 1 fully saturated rings. The lowest BCUT2D eigenvalue weighted by Gasteiger charge is -2.32. The second kappa shape index (κ2) is 6.01. The van der Waals surface area contributed by atoms with E-state index in [4.69, 9.17) is 5.73 Å². The van der Waals surface area contributed by atoms with Gasteiger partial charge in [0.25, 0.3) is 0 Å². The van der Waals surface area contributed by atoms with E-state index in [1.54, 1.807) is 0 Å². The van der Waals surface area contributed by atoms with Crippen LogP contribution in [0.15, 0.2) is 11.4 Å². The Labute approximate surface area is 109 Å². The number of rotatable bonds is 4. The Morgan fingerprint density at radius 3 is 2.94 bits per heavy atom. The Morgan fingerprint density at radius 2 is 2.24 bits per heavy atom. The molecule has 17 heavy (non-hydrogen) atoms. The predicted molar refractivity (Wildman–Crippen MR) is 76.4 cm³/mol. The highest BCUT2D eigenvalue weighted by Crippen LogP contribution is 2.39. The smallest absolute Gasteiger partial charge is 0.0421 e. The SMILES string of the molecule is CCc1ccsc1C(N)C1CCCC(CC)C1. The Hall–Kier alpha value is -0.340. The summed E-state index contributed by atoms with van der Waals surface area (Å²) in [7, 11) is 0. The van der Waals surface area contributed by atoms with Crippen LogP contribution in [0.25, 0.3) is 0 Å². The number of thiophene rings is 1. The van der Waals surface area contributed by atoms with Crippen LogP contribution in [0, 0.1) is 11.8 Å². The van der Waals surface area contributed by atoms with Gasteiger partial charge < -0.3 is 5.73 Å². The topological polar surface area (TPSA) is 26.0 Å². The first kappa shape index (κ1) is 13.1. The van der Waals surface area contributed by atoms with Gasteiger partial charge in [0.15, 0.2) is 0 Å². The minimum Gasteiger partial charge on any atom is -0.323 e. The molecular weight excluding hydrogens is 226 g/mol. The standard InChI is InChI=1S/C15H25NS/c1-3-11-6-5-7-13(10-11)14(16)15-12(4-2)8-9-17-15/h8-9,11,13-14H,3-7,10,16H2,1-2H3. The molecule has 0 aliphatic heterocycles. The molecular formula is C15H25NS. The second-order valence-electron chi connectivity index (χ2n) is 5.39. The largest absolute Gasteiger partial charge is 0.323 e. The van der Waals surface area contributed by atoms with Gasteiger partial charge in [0, 0.05) is 10.9 Å². The fourth-order valence-corrected chi connectivity index (χ4v) is 4.27. The van der Waals surface area contributed by atoms with Crippen LogP contribution in [0.1, 0.15) is 62.4 Å². The van der Waals surface area contributed by atoms with E-state index in [0.29, 0.717) is 6.04 Å². The van der Waals surface area contributed by atoms with Gasteiger partial charge in [-0.05, 0) is 48.1 Å². The summed E-state index contributed by atoms with van der Waals surface area (Å²) < 4.78 is 0. The van der Waals surface area contributed by atoms with Crippen molar-refractivity contribution in [1.82, 2.24) is 0 Å². The molecule has 3 atom stereocenters. The van der Waals surface area contributed by atoms with Crippen molar-refractivity contribution in [1.29, 1.82) is 0 Å². The van der Waals surface area contributed by atoms with Crippen molar-refractivity contribution in [3.05, 3.63) is 21.9 Å². The van der Waals surface area contributed by atoms with Gasteiger partial charge >= 0.3 is 0 Å². The van der Waals surface area contributed by atoms with Gasteiger partial charge in [-0.1, -0.05) is 33.1 Å². The lowest BCUT2D eigenvalue weighted by Crippen LogP contribution is -2.26. The van der Waals surface area contributed by atoms with Crippen LogP contribution in [0.3, 0.4) is 0 Å². The summed E-state index contributed by atoms with van der Waals surface area (Å²) >= 11 is 1.86. The Kier molecular flexibility index (Phi) is 4.63. The molecule has 0 aromatic carbocycles. The zero-order chi connectivity index (χ0) is 12.3. The maximum atomic E-state index is 6.52. The molecule has 3 unspecified atom stereocenters. The third-order valence-electron chi connectivity index (χ3n) is 4.37. The summed E-state index contributed by atoms with van der Waals surface area (Å²) in [5, 5.41) is 2.20. The number of hydrogen-bond acceptors (Lipinski definition) is 2. The van der Waals surface area contributed by atoms with Gasteiger partial charge in [0.05, 0.1) is 0 Å². The van der Waals surface area contributed by atoms with Crippen LogP contribution in [-0.2, 0) is 6.42 Å². The molecule has 1 aliphatic rings. The highest BCUT2D eigenvalue weighted by molar-refractivity contribution is 7.10. The normalized spacial score (nSPS) is 27.0. The molecule has 1 heterocycles. The molecule has 0 radical (unpaired) electrons. The minimum absolute atomic E-state index is 0.291. The van der Waals surface area contributed by atoms with E-state index in [1.165, 1.54) is 42.5 Å². The van der Waals surface area contributed by atoms with Gasteiger partial charge in [-0.25, -0.2) is 0 Å². The summed E-state index contributed by atoms with van der Waals surface area (Å²) in [4.78, 5) is 1.45. The van der Waals surface area contributed by atoms with Crippen molar-refractivity contribution < 1.29 is 0 Å². The molecule has 96 valence electrons. The van der Waals surface area contributed by atoms with Crippen molar-refractivity contribution in [3.8, 4) is 0 Å². The molecule has 0 bridgehead atoms. The molecule has 1 nitrogen and oxygen atoms in total. The van der Waals surface area contributed by atoms with Gasteiger partial charge in [-0.15, -0.1) is 11.3 Å². The highest BCUT2D eigenvalue weighted by atomic mass is 32.1. The third kappa shape index (κ3) is 2.92. The van der Waals surface area contributed by atoms with Crippen molar-refractivity contribution in [2.24, 2.45) is 17.6 Å². The second-order valence-corrected chi connectivity index (χ2v) is 6.34. The monoisotopic (exact) mass is 251 g/mol. The maximum absolute atomic E-state index is 6.52. The van der Waals surface area contributed by atoms with E-state index in [9.17, 15) is 0 Å². The molecule has 1 aromatic heterocycles. The highest BCUT2D eigenvalue weighted by Gasteiger charge is 2.27. The van der Waals surface area contributed by atoms with E-state index >= 15 is 0 Å². The molecule has 1 saturated carbocycles. The zero-order valence-corrected chi connectivity index (χ0v) is 11.9. The molecule has 2 N–H and O–H groups in total. The van der Waals surface area contributed by atoms with Crippen molar-refractivity contribution in [3.63, 3.8) is 0 Å². The quantitative estimate of drug-likeness (QED) is 0.836. The van der Waals surface area contributed by atoms with Crippen LogP contribution in [-0.4, -0.2) is 0 Å². The van der Waals surface area contributed by atoms with E-state index in [-0.39, 0.29) is 0 Å². The van der Waals surface area contributed by atoms with Crippen molar-refractivity contribution in [2.75, 3.05) is 0 Å². The predicted octanol–water partition coefficient (Wildman–Crippen LogP) is 4.53. The molecule has 0 saturated heterocycles. The fourth-order valence-electron chi connectivity index (χ4n) is 3.18. The van der Waals surface area contributed by atoms with Crippen molar-refractivity contribution in [2.45, 2.75) is 58.4 Å².